The number of rotatable bonds is 2. The molecule has 19 heavy (non-hydrogen) atoms. The number of phenols is 1. The van der Waals surface area contributed by atoms with Crippen molar-refractivity contribution in [2.45, 2.75) is 0 Å². The van der Waals surface area contributed by atoms with Gasteiger partial charge in [-0.25, -0.2) is 0 Å². The average molecular weight is 278 g/mol. The van der Waals surface area contributed by atoms with E-state index in [1.165, 1.54) is 29.3 Å². The van der Waals surface area contributed by atoms with Crippen LogP contribution in [0, 0.1) is 0 Å². The number of carbonyl (C=O) groups is 1. The minimum atomic E-state index is -0.278. The Morgan fingerprint density at radius 1 is 1.42 bits per heavy atom. The molecular weight excluding hydrogens is 266 g/mol. The average Bonchev–Trinajstić information content (AvgIpc) is 2.41. The zero-order valence-corrected chi connectivity index (χ0v) is 10.9. The molecule has 0 saturated carbocycles. The Kier molecular flexibility index (Phi) is 3.57. The van der Waals surface area contributed by atoms with Crippen molar-refractivity contribution >= 4 is 28.9 Å². The zero-order chi connectivity index (χ0) is 14.0. The van der Waals surface area contributed by atoms with Gasteiger partial charge in [0.05, 0.1) is 22.6 Å². The van der Waals surface area contributed by atoms with Crippen molar-refractivity contribution in [3.8, 4) is 5.75 Å². The fourth-order valence-electron chi connectivity index (χ4n) is 1.65. The first-order valence-corrected chi connectivity index (χ1v) is 5.84. The van der Waals surface area contributed by atoms with Gasteiger partial charge in [-0.05, 0) is 24.3 Å². The van der Waals surface area contributed by atoms with E-state index in [9.17, 15) is 9.90 Å². The zero-order valence-electron chi connectivity index (χ0n) is 10.2. The lowest BCUT2D eigenvalue weighted by atomic mass is 10.2. The predicted molar refractivity (Wildman–Crippen MR) is 74.5 cm³/mol. The quantitative estimate of drug-likeness (QED) is 0.883. The van der Waals surface area contributed by atoms with Gasteiger partial charge < -0.3 is 15.7 Å². The molecule has 2 rings (SSSR count). The molecule has 0 saturated heterocycles. The SMILES string of the molecule is CN(C(=O)c1ccc(O)c(Cl)c1)c1ccncc1N. The Balaban J connectivity index is 2.34. The summed E-state index contributed by atoms with van der Waals surface area (Å²) in [7, 11) is 1.61. The number of hydrogen-bond acceptors (Lipinski definition) is 4. The molecule has 0 aliphatic heterocycles. The molecule has 0 spiro atoms. The van der Waals surface area contributed by atoms with Crippen LogP contribution in [0.5, 0.6) is 5.75 Å². The second kappa shape index (κ2) is 5.16. The highest BCUT2D eigenvalue weighted by Gasteiger charge is 2.16. The second-order valence-corrected chi connectivity index (χ2v) is 4.37. The Hall–Kier alpha value is -2.27. The highest BCUT2D eigenvalue weighted by Crippen LogP contribution is 2.26. The number of phenolic OH excluding ortho intramolecular Hbond substituents is 1. The van der Waals surface area contributed by atoms with Gasteiger partial charge in [0.25, 0.3) is 5.91 Å². The molecule has 5 nitrogen and oxygen atoms in total. The third-order valence-corrected chi connectivity index (χ3v) is 2.99. The van der Waals surface area contributed by atoms with Crippen LogP contribution in [0.25, 0.3) is 0 Å². The van der Waals surface area contributed by atoms with Crippen LogP contribution in [0.2, 0.25) is 5.02 Å². The fraction of sp³-hybridized carbons (Fsp3) is 0.0769. The van der Waals surface area contributed by atoms with Gasteiger partial charge in [0, 0.05) is 18.8 Å². The summed E-state index contributed by atoms with van der Waals surface area (Å²) in [4.78, 5) is 17.5. The number of anilines is 2. The monoisotopic (exact) mass is 277 g/mol. The van der Waals surface area contributed by atoms with E-state index in [0.29, 0.717) is 16.9 Å². The third-order valence-electron chi connectivity index (χ3n) is 2.69. The number of benzene rings is 1. The molecule has 0 aliphatic rings. The van der Waals surface area contributed by atoms with Crippen LogP contribution in [0.1, 0.15) is 10.4 Å². The first-order valence-electron chi connectivity index (χ1n) is 5.46. The molecular formula is C13H12ClN3O2. The summed E-state index contributed by atoms with van der Waals surface area (Å²) in [5.41, 5.74) is 7.10. The summed E-state index contributed by atoms with van der Waals surface area (Å²) in [5, 5.41) is 9.47. The van der Waals surface area contributed by atoms with Crippen molar-refractivity contribution in [3.05, 3.63) is 47.2 Å². The largest absolute Gasteiger partial charge is 0.506 e. The fourth-order valence-corrected chi connectivity index (χ4v) is 1.83. The molecule has 0 aliphatic carbocycles. The van der Waals surface area contributed by atoms with Crippen LogP contribution in [-0.2, 0) is 0 Å². The summed E-state index contributed by atoms with van der Waals surface area (Å²) in [6.45, 7) is 0. The van der Waals surface area contributed by atoms with E-state index in [0.717, 1.165) is 0 Å². The van der Waals surface area contributed by atoms with E-state index in [1.807, 2.05) is 0 Å². The molecule has 2 aromatic rings. The maximum atomic E-state index is 12.3. The lowest BCUT2D eigenvalue weighted by Gasteiger charge is -2.19. The molecule has 3 N–H and O–H groups in total. The molecule has 1 heterocycles. The van der Waals surface area contributed by atoms with Crippen LogP contribution >= 0.6 is 11.6 Å². The highest BCUT2D eigenvalue weighted by atomic mass is 35.5. The number of carbonyl (C=O) groups excluding carboxylic acids is 1. The number of nitrogen functional groups attached to an aromatic ring is 1. The molecule has 0 radical (unpaired) electrons. The number of aromatic hydroxyl groups is 1. The van der Waals surface area contributed by atoms with Crippen molar-refractivity contribution in [1.82, 2.24) is 4.98 Å². The van der Waals surface area contributed by atoms with Gasteiger partial charge >= 0.3 is 0 Å². The molecule has 0 bridgehead atoms. The summed E-state index contributed by atoms with van der Waals surface area (Å²) in [6.07, 6.45) is 3.03. The van der Waals surface area contributed by atoms with E-state index >= 15 is 0 Å². The smallest absolute Gasteiger partial charge is 0.258 e. The summed E-state index contributed by atoms with van der Waals surface area (Å²) in [5.74, 6) is -0.343. The lowest BCUT2D eigenvalue weighted by molar-refractivity contribution is 0.0993. The minimum absolute atomic E-state index is 0.0655. The van der Waals surface area contributed by atoms with E-state index in [-0.39, 0.29) is 16.7 Å². The number of halogens is 1. The number of hydrogen-bond donors (Lipinski definition) is 2. The van der Waals surface area contributed by atoms with Gasteiger partial charge in [-0.3, -0.25) is 9.78 Å². The van der Waals surface area contributed by atoms with Crippen LogP contribution < -0.4 is 10.6 Å². The Morgan fingerprint density at radius 3 is 2.79 bits per heavy atom. The van der Waals surface area contributed by atoms with E-state index in [1.54, 1.807) is 19.3 Å². The Morgan fingerprint density at radius 2 is 2.16 bits per heavy atom. The highest BCUT2D eigenvalue weighted by molar-refractivity contribution is 6.32. The normalized spacial score (nSPS) is 10.2. The Labute approximate surface area is 115 Å². The van der Waals surface area contributed by atoms with Crippen molar-refractivity contribution in [2.75, 3.05) is 17.7 Å². The molecule has 1 aromatic heterocycles. The van der Waals surface area contributed by atoms with Gasteiger partial charge in [-0.2, -0.15) is 0 Å². The molecule has 98 valence electrons. The maximum Gasteiger partial charge on any atom is 0.258 e. The number of nitrogens with two attached hydrogens (primary N) is 1. The third kappa shape index (κ3) is 2.61. The van der Waals surface area contributed by atoms with Gasteiger partial charge in [-0.1, -0.05) is 11.6 Å². The topological polar surface area (TPSA) is 79.5 Å². The summed E-state index contributed by atoms with van der Waals surface area (Å²) < 4.78 is 0. The van der Waals surface area contributed by atoms with Gasteiger partial charge in [0.15, 0.2) is 0 Å². The first kappa shape index (κ1) is 13.2. The molecule has 0 unspecified atom stereocenters. The first-order chi connectivity index (χ1) is 9.00. The molecule has 0 fully saturated rings. The number of nitrogens with zero attached hydrogens (tertiary/aromatic N) is 2. The van der Waals surface area contributed by atoms with E-state index < -0.39 is 0 Å². The molecule has 0 atom stereocenters. The van der Waals surface area contributed by atoms with Gasteiger partial charge in [-0.15, -0.1) is 0 Å². The van der Waals surface area contributed by atoms with Crippen LogP contribution in [-0.4, -0.2) is 23.0 Å². The van der Waals surface area contributed by atoms with Crippen LogP contribution in [0.4, 0.5) is 11.4 Å². The van der Waals surface area contributed by atoms with Crippen LogP contribution in [0.3, 0.4) is 0 Å². The van der Waals surface area contributed by atoms with E-state index in [2.05, 4.69) is 4.98 Å². The van der Waals surface area contributed by atoms with E-state index in [4.69, 9.17) is 17.3 Å². The van der Waals surface area contributed by atoms with Crippen molar-refractivity contribution in [3.63, 3.8) is 0 Å². The standard InChI is InChI=1S/C13H12ClN3O2/c1-17(11-4-5-16-7-10(11)15)13(19)8-2-3-12(18)9(14)6-8/h2-7,18H,15H2,1H3. The van der Waals surface area contributed by atoms with Crippen molar-refractivity contribution in [2.24, 2.45) is 0 Å². The van der Waals surface area contributed by atoms with Gasteiger partial charge in [0.1, 0.15) is 5.75 Å². The maximum absolute atomic E-state index is 12.3. The lowest BCUT2D eigenvalue weighted by Crippen LogP contribution is -2.27. The number of aromatic nitrogens is 1. The molecule has 6 heteroatoms. The number of amides is 1. The predicted octanol–water partition coefficient (Wildman–Crippen LogP) is 2.30. The minimum Gasteiger partial charge on any atom is -0.506 e. The summed E-state index contributed by atoms with van der Waals surface area (Å²) in [6, 6.07) is 5.93. The molecule has 1 aromatic carbocycles. The van der Waals surface area contributed by atoms with Crippen LogP contribution in [0.15, 0.2) is 36.7 Å². The summed E-state index contributed by atoms with van der Waals surface area (Å²) >= 11 is 5.78. The van der Waals surface area contributed by atoms with Crippen molar-refractivity contribution in [1.29, 1.82) is 0 Å². The second-order valence-electron chi connectivity index (χ2n) is 3.96. The van der Waals surface area contributed by atoms with Gasteiger partial charge in [0.2, 0.25) is 0 Å². The molecule has 1 amide bonds. The van der Waals surface area contributed by atoms with Crippen molar-refractivity contribution < 1.29 is 9.90 Å². The number of pyridine rings is 1. The Bertz CT molecular complexity index is 631.